The molecule has 0 radical (unpaired) electrons. The van der Waals surface area contributed by atoms with Gasteiger partial charge in [-0.2, -0.15) is 5.26 Å². The molecule has 58 heavy (non-hydrogen) atoms. The summed E-state index contributed by atoms with van der Waals surface area (Å²) in [5.74, 6) is 1.92. The first-order chi connectivity index (χ1) is 28.7. The maximum atomic E-state index is 9.49. The molecule has 5 heteroatoms. The van der Waals surface area contributed by atoms with Gasteiger partial charge in [-0.25, -0.2) is 15.0 Å². The number of benzene rings is 8. The SMILES string of the molecule is N#Cc1ccc(-c2ccc3c(c2)C2(c4ccccc4Sc4ccccc42)c2cc(-c4ccc(-c5nc(-c6ccccc6)nc(-c6ccccc6)n5)cc4)ccc2-3)cc1. The summed E-state index contributed by atoms with van der Waals surface area (Å²) in [5, 5.41) is 9.49. The highest BCUT2D eigenvalue weighted by atomic mass is 32.2. The molecule has 0 saturated carbocycles. The van der Waals surface area contributed by atoms with Crippen molar-refractivity contribution in [2.24, 2.45) is 0 Å². The molecule has 0 unspecified atom stereocenters. The van der Waals surface area contributed by atoms with E-state index in [1.54, 1.807) is 0 Å². The molecule has 8 aromatic carbocycles. The van der Waals surface area contributed by atoms with Crippen molar-refractivity contribution >= 4 is 11.8 Å². The van der Waals surface area contributed by atoms with Crippen LogP contribution in [0.25, 0.3) is 67.5 Å². The Kier molecular flexibility index (Phi) is 7.99. The molecule has 1 aliphatic heterocycles. The number of rotatable bonds is 5. The van der Waals surface area contributed by atoms with Crippen molar-refractivity contribution in [3.05, 3.63) is 222 Å². The van der Waals surface area contributed by atoms with Gasteiger partial charge in [0.15, 0.2) is 17.5 Å². The first-order valence-corrected chi connectivity index (χ1v) is 20.1. The van der Waals surface area contributed by atoms with Gasteiger partial charge in [-0.05, 0) is 92.0 Å². The third-order valence-corrected chi connectivity index (χ3v) is 12.6. The number of hydrogen-bond acceptors (Lipinski definition) is 5. The zero-order chi connectivity index (χ0) is 38.6. The van der Waals surface area contributed by atoms with Crippen LogP contribution < -0.4 is 0 Å². The van der Waals surface area contributed by atoms with Crippen LogP contribution in [-0.4, -0.2) is 15.0 Å². The predicted molar refractivity (Wildman–Crippen MR) is 233 cm³/mol. The Bertz CT molecular complexity index is 2980. The first kappa shape index (κ1) is 33.9. The van der Waals surface area contributed by atoms with Crippen molar-refractivity contribution in [3.8, 4) is 73.6 Å². The molecule has 0 bridgehead atoms. The molecule has 9 aromatic rings. The van der Waals surface area contributed by atoms with E-state index in [9.17, 15) is 5.26 Å². The number of fused-ring (bicyclic) bond motifs is 9. The summed E-state index contributed by atoms with van der Waals surface area (Å²) in [6.07, 6.45) is 0. The van der Waals surface area contributed by atoms with Gasteiger partial charge in [0.05, 0.1) is 17.0 Å². The van der Waals surface area contributed by atoms with Gasteiger partial charge in [0.25, 0.3) is 0 Å². The quantitative estimate of drug-likeness (QED) is 0.175. The zero-order valence-corrected chi connectivity index (χ0v) is 32.0. The van der Waals surface area contributed by atoms with Crippen LogP contribution in [0.15, 0.2) is 204 Å². The first-order valence-electron chi connectivity index (χ1n) is 19.3. The van der Waals surface area contributed by atoms with Gasteiger partial charge in [0, 0.05) is 26.5 Å². The molecule has 0 atom stereocenters. The number of hydrogen-bond donors (Lipinski definition) is 0. The predicted octanol–water partition coefficient (Wildman–Crippen LogP) is 12.9. The second kappa shape index (κ2) is 13.7. The molecule has 11 rings (SSSR count). The third kappa shape index (κ3) is 5.42. The van der Waals surface area contributed by atoms with Crippen LogP contribution in [0.2, 0.25) is 0 Å². The topological polar surface area (TPSA) is 62.5 Å². The van der Waals surface area contributed by atoms with Gasteiger partial charge in [0.1, 0.15) is 0 Å². The summed E-state index contributed by atoms with van der Waals surface area (Å²) in [4.78, 5) is 17.4. The van der Waals surface area contributed by atoms with Crippen molar-refractivity contribution in [1.82, 2.24) is 15.0 Å². The molecule has 1 spiro atoms. The van der Waals surface area contributed by atoms with Crippen molar-refractivity contribution in [3.63, 3.8) is 0 Å². The highest BCUT2D eigenvalue weighted by Crippen LogP contribution is 2.62. The van der Waals surface area contributed by atoms with Gasteiger partial charge in [-0.15, -0.1) is 0 Å². The average molecular weight is 757 g/mol. The number of nitrogens with zero attached hydrogens (tertiary/aromatic N) is 4. The Hall–Kier alpha value is -7.39. The third-order valence-electron chi connectivity index (χ3n) is 11.5. The van der Waals surface area contributed by atoms with Crippen LogP contribution in [0, 0.1) is 11.3 Å². The summed E-state index contributed by atoms with van der Waals surface area (Å²) in [5.41, 5.74) is 15.0. The lowest BCUT2D eigenvalue weighted by molar-refractivity contribution is 0.723. The van der Waals surface area contributed by atoms with E-state index in [1.807, 2.05) is 84.6 Å². The maximum absolute atomic E-state index is 9.49. The molecule has 270 valence electrons. The van der Waals surface area contributed by atoms with Crippen LogP contribution >= 0.6 is 11.8 Å². The monoisotopic (exact) mass is 756 g/mol. The summed E-state index contributed by atoms with van der Waals surface area (Å²) >= 11 is 1.85. The fourth-order valence-corrected chi connectivity index (χ4v) is 9.94. The lowest BCUT2D eigenvalue weighted by Gasteiger charge is -2.40. The standard InChI is InChI=1S/C53H32N4S/c54-33-34-19-21-35(22-20-34)40-27-29-42-43-30-28-41(32-47(43)53(46(42)31-40)44-15-7-9-17-48(44)58-49-18-10-8-16-45(49)53)36-23-25-39(26-24-36)52-56-50(37-11-3-1-4-12-37)55-51(57-52)38-13-5-2-6-14-38/h1-32H. The van der Waals surface area contributed by atoms with E-state index in [4.69, 9.17) is 15.0 Å². The van der Waals surface area contributed by atoms with Gasteiger partial charge in [-0.1, -0.05) is 169 Å². The van der Waals surface area contributed by atoms with Crippen LogP contribution in [0.1, 0.15) is 27.8 Å². The second-order valence-electron chi connectivity index (χ2n) is 14.7. The van der Waals surface area contributed by atoms with E-state index >= 15 is 0 Å². The van der Waals surface area contributed by atoms with Crippen molar-refractivity contribution in [2.75, 3.05) is 0 Å². The second-order valence-corrected chi connectivity index (χ2v) is 15.8. The van der Waals surface area contributed by atoms with Gasteiger partial charge < -0.3 is 0 Å². The molecule has 4 nitrogen and oxygen atoms in total. The molecular formula is C53H32N4S. The highest BCUT2D eigenvalue weighted by molar-refractivity contribution is 7.99. The largest absolute Gasteiger partial charge is 0.208 e. The Morgan fingerprint density at radius 1 is 0.362 bits per heavy atom. The Labute approximate surface area is 341 Å². The number of nitriles is 1. The normalized spacial score (nSPS) is 12.9. The smallest absolute Gasteiger partial charge is 0.164 e. The maximum Gasteiger partial charge on any atom is 0.164 e. The molecule has 1 aromatic heterocycles. The molecule has 0 N–H and O–H groups in total. The van der Waals surface area contributed by atoms with Crippen LogP contribution in [-0.2, 0) is 5.41 Å². The summed E-state index contributed by atoms with van der Waals surface area (Å²) in [6, 6.07) is 70.6. The van der Waals surface area contributed by atoms with E-state index in [2.05, 4.69) is 127 Å². The van der Waals surface area contributed by atoms with E-state index in [1.165, 1.54) is 43.2 Å². The van der Waals surface area contributed by atoms with Crippen LogP contribution in [0.4, 0.5) is 0 Å². The van der Waals surface area contributed by atoms with Crippen molar-refractivity contribution < 1.29 is 0 Å². The number of aromatic nitrogens is 3. The Morgan fingerprint density at radius 3 is 1.21 bits per heavy atom. The molecule has 1 aliphatic carbocycles. The van der Waals surface area contributed by atoms with Crippen LogP contribution in [0.5, 0.6) is 0 Å². The molecular weight excluding hydrogens is 725 g/mol. The molecule has 0 saturated heterocycles. The van der Waals surface area contributed by atoms with E-state index in [-0.39, 0.29) is 0 Å². The fraction of sp³-hybridized carbons (Fsp3) is 0.0189. The lowest BCUT2D eigenvalue weighted by atomic mass is 9.67. The Balaban J connectivity index is 1.06. The highest BCUT2D eigenvalue weighted by Gasteiger charge is 2.50. The summed E-state index contributed by atoms with van der Waals surface area (Å²) < 4.78 is 0. The summed E-state index contributed by atoms with van der Waals surface area (Å²) in [7, 11) is 0. The van der Waals surface area contributed by atoms with Gasteiger partial charge in [0.2, 0.25) is 0 Å². The van der Waals surface area contributed by atoms with E-state index in [0.29, 0.717) is 23.0 Å². The molecule has 0 fully saturated rings. The van der Waals surface area contributed by atoms with Gasteiger partial charge in [-0.3, -0.25) is 0 Å². The average Bonchev–Trinajstić information content (AvgIpc) is 3.58. The van der Waals surface area contributed by atoms with E-state index < -0.39 is 5.41 Å². The van der Waals surface area contributed by atoms with E-state index in [0.717, 1.165) is 38.9 Å². The fourth-order valence-electron chi connectivity index (χ4n) is 8.74. The lowest BCUT2D eigenvalue weighted by Crippen LogP contribution is -2.32. The molecule has 2 heterocycles. The van der Waals surface area contributed by atoms with Crippen molar-refractivity contribution in [2.45, 2.75) is 15.2 Å². The molecule has 0 amide bonds. The minimum Gasteiger partial charge on any atom is -0.208 e. The minimum atomic E-state index is -0.534. The minimum absolute atomic E-state index is 0.534. The van der Waals surface area contributed by atoms with Gasteiger partial charge >= 0.3 is 0 Å². The van der Waals surface area contributed by atoms with Crippen LogP contribution in [0.3, 0.4) is 0 Å². The Morgan fingerprint density at radius 2 is 0.741 bits per heavy atom. The molecule has 2 aliphatic rings. The zero-order valence-electron chi connectivity index (χ0n) is 31.2. The summed E-state index contributed by atoms with van der Waals surface area (Å²) in [6.45, 7) is 0. The van der Waals surface area contributed by atoms with Crippen molar-refractivity contribution in [1.29, 1.82) is 5.26 Å².